The van der Waals surface area contributed by atoms with Crippen LogP contribution in [0.15, 0.2) is 34.8 Å². The molecule has 0 atom stereocenters. The standard InChI is InChI=1S/C12H17F5O2S/c1-8(2)19-12(18)10(4)6-9(3)7-11(5)20(13,14,15,16)17/h6-8H,3H2,1-2,4-5H3/b10-6+,11-7+. The lowest BCUT2D eigenvalue weighted by Gasteiger charge is -2.41. The summed E-state index contributed by atoms with van der Waals surface area (Å²) in [6.07, 6.45) is 0.756. The van der Waals surface area contributed by atoms with E-state index >= 15 is 0 Å². The maximum atomic E-state index is 12.4. The van der Waals surface area contributed by atoms with Gasteiger partial charge in [0.2, 0.25) is 0 Å². The van der Waals surface area contributed by atoms with E-state index in [1.807, 2.05) is 0 Å². The summed E-state index contributed by atoms with van der Waals surface area (Å²) < 4.78 is 66.9. The molecular formula is C12H17F5O2S. The second-order valence-electron chi connectivity index (χ2n) is 4.58. The van der Waals surface area contributed by atoms with Crippen molar-refractivity contribution in [3.63, 3.8) is 0 Å². The van der Waals surface area contributed by atoms with E-state index in [0.29, 0.717) is 0 Å². The number of hydrogen-bond acceptors (Lipinski definition) is 2. The molecule has 8 heteroatoms. The zero-order chi connectivity index (χ0) is 16.4. The molecule has 0 aliphatic heterocycles. The Bertz CT molecular complexity index is 485. The zero-order valence-corrected chi connectivity index (χ0v) is 12.4. The van der Waals surface area contributed by atoms with Gasteiger partial charge in [-0.05, 0) is 45.4 Å². The molecule has 0 rings (SSSR count). The molecule has 0 aromatic carbocycles. The minimum absolute atomic E-state index is 0.0325. The minimum Gasteiger partial charge on any atom is -0.460 e. The van der Waals surface area contributed by atoms with Gasteiger partial charge in [-0.3, -0.25) is 0 Å². The summed E-state index contributed by atoms with van der Waals surface area (Å²) in [5.41, 5.74) is -0.399. The lowest BCUT2D eigenvalue weighted by Crippen LogP contribution is -2.12. The third-order valence-corrected chi connectivity index (χ3v) is 3.40. The van der Waals surface area contributed by atoms with Crippen LogP contribution in [0.1, 0.15) is 27.7 Å². The Morgan fingerprint density at radius 1 is 1.10 bits per heavy atom. The number of carbonyl (C=O) groups excluding carboxylic acids is 1. The molecule has 0 radical (unpaired) electrons. The first-order valence-electron chi connectivity index (χ1n) is 5.53. The van der Waals surface area contributed by atoms with Crippen molar-refractivity contribution in [2.45, 2.75) is 33.8 Å². The highest BCUT2D eigenvalue weighted by Gasteiger charge is 2.65. The molecule has 0 aromatic heterocycles. The molecule has 0 spiro atoms. The van der Waals surface area contributed by atoms with Gasteiger partial charge in [0.05, 0.1) is 11.0 Å². The Balaban J connectivity index is 5.20. The first kappa shape index (κ1) is 18.7. The number of halogens is 5. The second kappa shape index (κ2) is 4.91. The van der Waals surface area contributed by atoms with Crippen molar-refractivity contribution in [3.05, 3.63) is 34.8 Å². The molecule has 118 valence electrons. The molecule has 0 aliphatic rings. The lowest BCUT2D eigenvalue weighted by atomic mass is 10.2. The summed E-state index contributed by atoms with van der Waals surface area (Å²) in [5.74, 6) is -0.750. The molecule has 0 fully saturated rings. The van der Waals surface area contributed by atoms with E-state index in [-0.39, 0.29) is 24.1 Å². The highest BCUT2D eigenvalue weighted by Crippen LogP contribution is 3.02. The lowest BCUT2D eigenvalue weighted by molar-refractivity contribution is -0.142. The van der Waals surface area contributed by atoms with Crippen molar-refractivity contribution >= 4 is 16.2 Å². The van der Waals surface area contributed by atoms with Crippen LogP contribution in [0.4, 0.5) is 19.4 Å². The Labute approximate surface area is 114 Å². The molecule has 0 saturated heterocycles. The van der Waals surface area contributed by atoms with Gasteiger partial charge in [-0.15, -0.1) is 0 Å². The topological polar surface area (TPSA) is 26.3 Å². The van der Waals surface area contributed by atoms with E-state index in [4.69, 9.17) is 4.74 Å². The summed E-state index contributed by atoms with van der Waals surface area (Å²) in [6.45, 7) is 7.94. The molecule has 2 nitrogen and oxygen atoms in total. The van der Waals surface area contributed by atoms with Gasteiger partial charge in [-0.25, -0.2) is 4.79 Å². The Morgan fingerprint density at radius 2 is 1.55 bits per heavy atom. The molecule has 0 bridgehead atoms. The van der Waals surface area contributed by atoms with Crippen LogP contribution < -0.4 is 0 Å². The van der Waals surface area contributed by atoms with Crippen molar-refractivity contribution in [1.82, 2.24) is 0 Å². The fraction of sp³-hybridized carbons (Fsp3) is 0.417. The zero-order valence-electron chi connectivity index (χ0n) is 11.6. The van der Waals surface area contributed by atoms with E-state index < -0.39 is 27.2 Å². The molecule has 0 heterocycles. The molecule has 0 amide bonds. The number of esters is 1. The van der Waals surface area contributed by atoms with Crippen LogP contribution in [0.2, 0.25) is 0 Å². The highest BCUT2D eigenvalue weighted by atomic mass is 32.5. The van der Waals surface area contributed by atoms with Crippen LogP contribution in [0.5, 0.6) is 0 Å². The summed E-state index contributed by atoms with van der Waals surface area (Å²) in [7, 11) is -9.68. The fourth-order valence-corrected chi connectivity index (χ4v) is 1.43. The first-order chi connectivity index (χ1) is 8.52. The van der Waals surface area contributed by atoms with E-state index in [9.17, 15) is 24.2 Å². The van der Waals surface area contributed by atoms with E-state index in [2.05, 4.69) is 6.58 Å². The van der Waals surface area contributed by atoms with Crippen molar-refractivity contribution in [1.29, 1.82) is 0 Å². The summed E-state index contributed by atoms with van der Waals surface area (Å²) in [5, 5.41) is 0. The smallest absolute Gasteiger partial charge is 0.333 e. The number of ether oxygens (including phenoxy) is 1. The Hall–Kier alpha value is -1.31. The van der Waals surface area contributed by atoms with Gasteiger partial charge in [0, 0.05) is 5.57 Å². The molecule has 0 aromatic rings. The molecule has 0 saturated carbocycles. The van der Waals surface area contributed by atoms with Crippen LogP contribution >= 0.6 is 10.2 Å². The maximum Gasteiger partial charge on any atom is 0.333 e. The monoisotopic (exact) mass is 320 g/mol. The number of hydrogen-bond donors (Lipinski definition) is 0. The van der Waals surface area contributed by atoms with Crippen LogP contribution in [-0.4, -0.2) is 12.1 Å². The third-order valence-electron chi connectivity index (χ3n) is 2.06. The Morgan fingerprint density at radius 3 is 1.90 bits per heavy atom. The van der Waals surface area contributed by atoms with E-state index in [1.54, 1.807) is 13.8 Å². The van der Waals surface area contributed by atoms with Crippen LogP contribution in [0.3, 0.4) is 0 Å². The fourth-order valence-electron chi connectivity index (χ4n) is 1.06. The third kappa shape index (κ3) is 6.74. The van der Waals surface area contributed by atoms with Crippen LogP contribution in [0.25, 0.3) is 0 Å². The van der Waals surface area contributed by atoms with Crippen molar-refractivity contribution < 1.29 is 29.0 Å². The minimum atomic E-state index is -9.68. The van der Waals surface area contributed by atoms with E-state index in [1.165, 1.54) is 6.92 Å². The van der Waals surface area contributed by atoms with Gasteiger partial charge in [-0.2, -0.15) is 0 Å². The first-order valence-corrected chi connectivity index (χ1v) is 7.48. The molecule has 0 N–H and O–H groups in total. The summed E-state index contributed by atoms with van der Waals surface area (Å²) in [4.78, 5) is 9.37. The van der Waals surface area contributed by atoms with Crippen LogP contribution in [0, 0.1) is 0 Å². The van der Waals surface area contributed by atoms with Crippen LogP contribution in [-0.2, 0) is 9.53 Å². The van der Waals surface area contributed by atoms with Gasteiger partial charge >= 0.3 is 16.2 Å². The average Bonchev–Trinajstić information content (AvgIpc) is 2.11. The molecule has 20 heavy (non-hydrogen) atoms. The Kier molecular flexibility index (Phi) is 4.59. The molecule has 0 unspecified atom stereocenters. The highest BCUT2D eigenvalue weighted by molar-refractivity contribution is 8.48. The van der Waals surface area contributed by atoms with Gasteiger partial charge in [-0.1, -0.05) is 26.0 Å². The molecule has 0 aliphatic carbocycles. The SMILES string of the molecule is C=C(/C=C(\C)C(=O)OC(C)C)/C=C(\C)S(F)(F)(F)(F)F. The van der Waals surface area contributed by atoms with Gasteiger partial charge in [0.25, 0.3) is 0 Å². The normalized spacial score (nSPS) is 17.5. The number of rotatable bonds is 5. The largest absolute Gasteiger partial charge is 0.460 e. The maximum absolute atomic E-state index is 12.4. The van der Waals surface area contributed by atoms with Gasteiger partial charge in [0.1, 0.15) is 0 Å². The number of allylic oxidation sites excluding steroid dienone is 4. The summed E-state index contributed by atoms with van der Waals surface area (Å²) >= 11 is 0. The van der Waals surface area contributed by atoms with Crippen molar-refractivity contribution in [2.75, 3.05) is 0 Å². The second-order valence-corrected chi connectivity index (χ2v) is 7.16. The van der Waals surface area contributed by atoms with Crippen molar-refractivity contribution in [3.8, 4) is 0 Å². The predicted octanol–water partition coefficient (Wildman–Crippen LogP) is 5.64. The summed E-state index contributed by atoms with van der Waals surface area (Å²) in [6, 6.07) is 0. The van der Waals surface area contributed by atoms with Gasteiger partial charge in [0.15, 0.2) is 0 Å². The quantitative estimate of drug-likeness (QED) is 0.283. The number of carbonyl (C=O) groups is 1. The molecular weight excluding hydrogens is 303 g/mol. The van der Waals surface area contributed by atoms with E-state index in [0.717, 1.165) is 6.08 Å². The van der Waals surface area contributed by atoms with Gasteiger partial charge < -0.3 is 4.74 Å². The van der Waals surface area contributed by atoms with Crippen molar-refractivity contribution in [2.24, 2.45) is 0 Å². The average molecular weight is 320 g/mol. The predicted molar refractivity (Wildman–Crippen MR) is 71.0 cm³/mol.